The highest BCUT2D eigenvalue weighted by molar-refractivity contribution is 5.79. The van der Waals surface area contributed by atoms with Crippen LogP contribution in [0.5, 0.6) is 0 Å². The lowest BCUT2D eigenvalue weighted by Crippen LogP contribution is -2.23. The van der Waals surface area contributed by atoms with Crippen LogP contribution in [0.15, 0.2) is 0 Å². The molecule has 0 bridgehead atoms. The smallest absolute Gasteiger partial charge is 0.309 e. The van der Waals surface area contributed by atoms with Gasteiger partial charge in [-0.1, -0.05) is 91.4 Å². The van der Waals surface area contributed by atoms with Gasteiger partial charge in [0.05, 0.1) is 25.6 Å². The Balaban J connectivity index is 4.12. The largest absolute Gasteiger partial charge is 0.466 e. The van der Waals surface area contributed by atoms with E-state index in [0.29, 0.717) is 19.6 Å². The number of unbranched alkanes of at least 4 members (excludes halogenated alkanes) is 10. The van der Waals surface area contributed by atoms with E-state index < -0.39 is 0 Å². The zero-order valence-corrected chi connectivity index (χ0v) is 18.2. The highest BCUT2D eigenvalue weighted by Gasteiger charge is 2.23. The molecule has 0 aromatic rings. The summed E-state index contributed by atoms with van der Waals surface area (Å²) < 4.78 is 10.8. The highest BCUT2D eigenvalue weighted by Crippen LogP contribution is 2.17. The topological polar surface area (TPSA) is 52.6 Å². The molecule has 0 amide bonds. The predicted molar refractivity (Wildman–Crippen MR) is 112 cm³/mol. The van der Waals surface area contributed by atoms with Crippen LogP contribution in [0.1, 0.15) is 117 Å². The van der Waals surface area contributed by atoms with Crippen LogP contribution in [-0.4, -0.2) is 25.2 Å². The second-order valence-electron chi connectivity index (χ2n) is 7.61. The van der Waals surface area contributed by atoms with Crippen LogP contribution >= 0.6 is 0 Å². The Kier molecular flexibility index (Phi) is 18.9. The molecule has 0 fully saturated rings. The molecule has 4 nitrogen and oxygen atoms in total. The molecular formula is C23H44O4. The molecule has 0 heterocycles. The number of rotatable bonds is 19. The van der Waals surface area contributed by atoms with Crippen LogP contribution in [-0.2, 0) is 19.1 Å². The van der Waals surface area contributed by atoms with Crippen molar-refractivity contribution >= 4 is 11.9 Å². The average molecular weight is 385 g/mol. The summed E-state index contributed by atoms with van der Waals surface area (Å²) in [4.78, 5) is 24.5. The lowest BCUT2D eigenvalue weighted by atomic mass is 9.98. The molecule has 0 spiro atoms. The maximum atomic E-state index is 12.4. The van der Waals surface area contributed by atoms with Gasteiger partial charge in [-0.25, -0.2) is 0 Å². The maximum Gasteiger partial charge on any atom is 0.309 e. The molecule has 0 aromatic heterocycles. The fourth-order valence-corrected chi connectivity index (χ4v) is 3.09. The average Bonchev–Trinajstić information content (AvgIpc) is 2.66. The number of ether oxygens (including phenoxy) is 2. The van der Waals surface area contributed by atoms with E-state index in [-0.39, 0.29) is 24.3 Å². The van der Waals surface area contributed by atoms with Crippen molar-refractivity contribution in [3.8, 4) is 0 Å². The molecule has 1 unspecified atom stereocenters. The minimum absolute atomic E-state index is 0.160. The molecule has 0 N–H and O–H groups in total. The molecule has 0 aromatic carbocycles. The molecule has 0 radical (unpaired) electrons. The standard InChI is InChI=1S/C23H44O4/c1-4-7-10-12-15-18-26-22(24)20-21(17-14-9-6-3)23(25)27-19-16-13-11-8-5-2/h21H,4-20H2,1-3H3. The monoisotopic (exact) mass is 384 g/mol. The Bertz CT molecular complexity index is 354. The zero-order chi connectivity index (χ0) is 20.2. The van der Waals surface area contributed by atoms with Gasteiger partial charge in [0.25, 0.3) is 0 Å². The van der Waals surface area contributed by atoms with E-state index in [2.05, 4.69) is 20.8 Å². The Labute approximate surface area is 167 Å². The summed E-state index contributed by atoms with van der Waals surface area (Å²) >= 11 is 0. The fourth-order valence-electron chi connectivity index (χ4n) is 3.09. The first-order valence-corrected chi connectivity index (χ1v) is 11.5. The highest BCUT2D eigenvalue weighted by atomic mass is 16.5. The minimum atomic E-state index is -0.347. The van der Waals surface area contributed by atoms with Gasteiger partial charge in [0, 0.05) is 0 Å². The van der Waals surface area contributed by atoms with Gasteiger partial charge in [0.2, 0.25) is 0 Å². The number of carbonyl (C=O) groups excluding carboxylic acids is 2. The zero-order valence-electron chi connectivity index (χ0n) is 18.2. The van der Waals surface area contributed by atoms with Crippen molar-refractivity contribution in [1.82, 2.24) is 0 Å². The fraction of sp³-hybridized carbons (Fsp3) is 0.913. The van der Waals surface area contributed by atoms with Crippen molar-refractivity contribution in [3.63, 3.8) is 0 Å². The van der Waals surface area contributed by atoms with Gasteiger partial charge in [-0.05, 0) is 19.3 Å². The van der Waals surface area contributed by atoms with Crippen molar-refractivity contribution in [2.45, 2.75) is 117 Å². The number of esters is 2. The van der Waals surface area contributed by atoms with Crippen molar-refractivity contribution in [2.75, 3.05) is 13.2 Å². The van der Waals surface area contributed by atoms with Crippen LogP contribution < -0.4 is 0 Å². The third kappa shape index (κ3) is 16.8. The Hall–Kier alpha value is -1.06. The van der Waals surface area contributed by atoms with E-state index in [9.17, 15) is 9.59 Å². The molecule has 160 valence electrons. The first-order chi connectivity index (χ1) is 13.2. The summed E-state index contributed by atoms with van der Waals surface area (Å²) in [6.07, 6.45) is 15.3. The molecule has 4 heteroatoms. The van der Waals surface area contributed by atoms with Gasteiger partial charge in [0.15, 0.2) is 0 Å². The SMILES string of the molecule is CCCCCCCOC(=O)CC(CCCCC)C(=O)OCCCCCCC. The van der Waals surface area contributed by atoms with Crippen LogP contribution in [0.25, 0.3) is 0 Å². The minimum Gasteiger partial charge on any atom is -0.466 e. The van der Waals surface area contributed by atoms with Crippen molar-refractivity contribution in [3.05, 3.63) is 0 Å². The van der Waals surface area contributed by atoms with Crippen LogP contribution in [0.2, 0.25) is 0 Å². The van der Waals surface area contributed by atoms with Crippen molar-refractivity contribution in [2.24, 2.45) is 5.92 Å². The normalized spacial score (nSPS) is 12.0. The molecule has 0 saturated heterocycles. The van der Waals surface area contributed by atoms with Gasteiger partial charge in [-0.2, -0.15) is 0 Å². The predicted octanol–water partition coefficient (Wildman–Crippen LogP) is 6.60. The molecule has 1 atom stereocenters. The second kappa shape index (κ2) is 19.7. The van der Waals surface area contributed by atoms with Crippen LogP contribution in [0.3, 0.4) is 0 Å². The lowest BCUT2D eigenvalue weighted by molar-refractivity contribution is -0.155. The molecule has 0 aliphatic rings. The van der Waals surface area contributed by atoms with E-state index in [1.165, 1.54) is 38.5 Å². The Morgan fingerprint density at radius 1 is 0.630 bits per heavy atom. The summed E-state index contributed by atoms with van der Waals surface area (Å²) in [5.74, 6) is -0.826. The number of carbonyl (C=O) groups is 2. The molecule has 0 rings (SSSR count). The molecule has 0 saturated carbocycles. The van der Waals surface area contributed by atoms with Gasteiger partial charge in [-0.15, -0.1) is 0 Å². The first kappa shape index (κ1) is 25.9. The molecule has 0 aliphatic carbocycles. The van der Waals surface area contributed by atoms with E-state index in [0.717, 1.165) is 44.9 Å². The third-order valence-corrected chi connectivity index (χ3v) is 4.91. The first-order valence-electron chi connectivity index (χ1n) is 11.5. The number of hydrogen-bond acceptors (Lipinski definition) is 4. The van der Waals surface area contributed by atoms with E-state index in [1.54, 1.807) is 0 Å². The summed E-state index contributed by atoms with van der Waals surface area (Å²) in [5.41, 5.74) is 0. The maximum absolute atomic E-state index is 12.4. The molecular weight excluding hydrogens is 340 g/mol. The third-order valence-electron chi connectivity index (χ3n) is 4.91. The Morgan fingerprint density at radius 2 is 1.11 bits per heavy atom. The molecule has 0 aliphatic heterocycles. The summed E-state index contributed by atoms with van der Waals surface area (Å²) in [5, 5.41) is 0. The van der Waals surface area contributed by atoms with Crippen molar-refractivity contribution in [1.29, 1.82) is 0 Å². The van der Waals surface area contributed by atoms with Crippen LogP contribution in [0.4, 0.5) is 0 Å². The molecule has 27 heavy (non-hydrogen) atoms. The quantitative estimate of drug-likeness (QED) is 0.186. The van der Waals surface area contributed by atoms with Gasteiger partial charge in [0.1, 0.15) is 0 Å². The van der Waals surface area contributed by atoms with Crippen molar-refractivity contribution < 1.29 is 19.1 Å². The Morgan fingerprint density at radius 3 is 1.67 bits per heavy atom. The number of hydrogen-bond donors (Lipinski definition) is 0. The van der Waals surface area contributed by atoms with Gasteiger partial charge >= 0.3 is 11.9 Å². The van der Waals surface area contributed by atoms with Crippen LogP contribution in [0, 0.1) is 5.92 Å². The second-order valence-corrected chi connectivity index (χ2v) is 7.61. The van der Waals surface area contributed by atoms with E-state index in [4.69, 9.17) is 9.47 Å². The summed E-state index contributed by atoms with van der Waals surface area (Å²) in [7, 11) is 0. The lowest BCUT2D eigenvalue weighted by Gasteiger charge is -2.15. The van der Waals surface area contributed by atoms with E-state index in [1.807, 2.05) is 0 Å². The van der Waals surface area contributed by atoms with Gasteiger partial charge in [-0.3, -0.25) is 9.59 Å². The van der Waals surface area contributed by atoms with Gasteiger partial charge < -0.3 is 9.47 Å². The van der Waals surface area contributed by atoms with E-state index >= 15 is 0 Å². The summed E-state index contributed by atoms with van der Waals surface area (Å²) in [6.45, 7) is 7.45. The summed E-state index contributed by atoms with van der Waals surface area (Å²) in [6, 6.07) is 0.